The van der Waals surface area contributed by atoms with E-state index in [4.69, 9.17) is 14.2 Å². The number of benzene rings is 4. The average Bonchev–Trinajstić information content (AvgIpc) is 3.28. The van der Waals surface area contributed by atoms with Gasteiger partial charge in [0.2, 0.25) is 5.91 Å². The predicted molar refractivity (Wildman–Crippen MR) is 174 cm³/mol. The largest absolute Gasteiger partial charge is 0.497 e. The van der Waals surface area contributed by atoms with Gasteiger partial charge in [-0.25, -0.2) is 0 Å². The Bertz CT molecular complexity index is 1740. The van der Waals surface area contributed by atoms with E-state index < -0.39 is 23.6 Å². The average molecular weight is 609 g/mol. The molecule has 9 heteroatoms. The topological polar surface area (TPSA) is 94.2 Å². The summed E-state index contributed by atoms with van der Waals surface area (Å²) in [5, 5.41) is 4.43. The summed E-state index contributed by atoms with van der Waals surface area (Å²) in [6.45, 7) is 6.12. The molecule has 1 heterocycles. The van der Waals surface area contributed by atoms with Crippen molar-refractivity contribution in [3.05, 3.63) is 113 Å². The zero-order valence-corrected chi connectivity index (χ0v) is 25.3. The molecule has 1 N–H and O–H groups in total. The van der Waals surface area contributed by atoms with Crippen molar-refractivity contribution in [2.24, 2.45) is 0 Å². The number of imide groups is 1. The normalized spacial score (nSPS) is 13.8. The maximum atomic E-state index is 13.2. The SMILES string of the molecule is C=CCc1cc(/C=C2/SC(=O)N(CC(=O)Nc3ccc(OC)cc3)C2=O)cc(OCC)c1OCc1cccc2ccccc12. The number of nitrogens with one attached hydrogen (secondary N) is 1. The van der Waals surface area contributed by atoms with E-state index in [2.05, 4.69) is 30.1 Å². The third-order valence-corrected chi connectivity index (χ3v) is 7.82. The van der Waals surface area contributed by atoms with Gasteiger partial charge in [0, 0.05) is 11.3 Å². The number of anilines is 1. The van der Waals surface area contributed by atoms with Crippen molar-refractivity contribution < 1.29 is 28.6 Å². The summed E-state index contributed by atoms with van der Waals surface area (Å²) in [6, 6.07) is 24.7. The molecular formula is C35H32N2O6S. The number of rotatable bonds is 12. The van der Waals surface area contributed by atoms with Crippen molar-refractivity contribution in [2.45, 2.75) is 20.0 Å². The highest BCUT2D eigenvalue weighted by Crippen LogP contribution is 2.38. The van der Waals surface area contributed by atoms with Crippen LogP contribution in [0.2, 0.25) is 0 Å². The highest BCUT2D eigenvalue weighted by atomic mass is 32.2. The predicted octanol–water partition coefficient (Wildman–Crippen LogP) is 7.23. The van der Waals surface area contributed by atoms with Crippen LogP contribution in [0, 0.1) is 0 Å². The smallest absolute Gasteiger partial charge is 0.294 e. The molecule has 3 amide bonds. The van der Waals surface area contributed by atoms with Crippen molar-refractivity contribution in [3.63, 3.8) is 0 Å². The summed E-state index contributed by atoms with van der Waals surface area (Å²) in [7, 11) is 1.55. The van der Waals surface area contributed by atoms with Gasteiger partial charge in [0.25, 0.3) is 11.1 Å². The molecule has 0 saturated carbocycles. The molecule has 0 aliphatic carbocycles. The summed E-state index contributed by atoms with van der Waals surface area (Å²) < 4.78 is 17.5. The van der Waals surface area contributed by atoms with Crippen molar-refractivity contribution in [1.82, 2.24) is 4.90 Å². The Morgan fingerprint density at radius 1 is 0.977 bits per heavy atom. The Balaban J connectivity index is 1.36. The number of hydrogen-bond donors (Lipinski definition) is 1. The number of fused-ring (bicyclic) bond motifs is 1. The summed E-state index contributed by atoms with van der Waals surface area (Å²) in [4.78, 5) is 39.7. The Kier molecular flexibility index (Phi) is 9.66. The highest BCUT2D eigenvalue weighted by molar-refractivity contribution is 8.18. The van der Waals surface area contributed by atoms with E-state index in [1.807, 2.05) is 37.3 Å². The minimum absolute atomic E-state index is 0.212. The summed E-state index contributed by atoms with van der Waals surface area (Å²) in [6.07, 6.45) is 3.91. The third kappa shape index (κ3) is 6.95. The second-order valence-electron chi connectivity index (χ2n) is 9.90. The Labute approximate surface area is 260 Å². The van der Waals surface area contributed by atoms with Crippen LogP contribution in [0.5, 0.6) is 17.2 Å². The van der Waals surface area contributed by atoms with Gasteiger partial charge >= 0.3 is 0 Å². The summed E-state index contributed by atoms with van der Waals surface area (Å²) in [5.74, 6) is 0.742. The lowest BCUT2D eigenvalue weighted by Gasteiger charge is -2.17. The molecule has 224 valence electrons. The number of hydrogen-bond acceptors (Lipinski definition) is 7. The molecule has 1 aliphatic heterocycles. The van der Waals surface area contributed by atoms with Gasteiger partial charge in [-0.15, -0.1) is 6.58 Å². The quantitative estimate of drug-likeness (QED) is 0.134. The van der Waals surface area contributed by atoms with Crippen LogP contribution in [0.4, 0.5) is 10.5 Å². The van der Waals surface area contributed by atoms with E-state index >= 15 is 0 Å². The number of methoxy groups -OCH3 is 1. The molecular weight excluding hydrogens is 576 g/mol. The minimum Gasteiger partial charge on any atom is -0.497 e. The lowest BCUT2D eigenvalue weighted by atomic mass is 10.0. The van der Waals surface area contributed by atoms with E-state index in [1.54, 1.807) is 49.6 Å². The van der Waals surface area contributed by atoms with Gasteiger partial charge in [0.1, 0.15) is 18.9 Å². The Morgan fingerprint density at radius 2 is 1.75 bits per heavy atom. The van der Waals surface area contributed by atoms with E-state index in [9.17, 15) is 14.4 Å². The van der Waals surface area contributed by atoms with Gasteiger partial charge in [0.05, 0.1) is 18.6 Å². The van der Waals surface area contributed by atoms with Crippen LogP contribution in [-0.4, -0.2) is 42.2 Å². The van der Waals surface area contributed by atoms with Crippen LogP contribution in [-0.2, 0) is 22.6 Å². The Morgan fingerprint density at radius 3 is 2.50 bits per heavy atom. The number of amides is 3. The fourth-order valence-electron chi connectivity index (χ4n) is 4.87. The number of carbonyl (C=O) groups is 3. The standard InChI is InChI=1S/C35H32N2O6S/c1-4-9-25-18-23(19-30(42-5-2)33(25)43-22-26-12-8-11-24-10-6-7-13-29(24)26)20-31-34(39)37(35(40)44-31)21-32(38)36-27-14-16-28(41-3)17-15-27/h4,6-8,10-20H,1,5,9,21-22H2,2-3H3,(H,36,38)/b31-20+. The van der Waals surface area contributed by atoms with Crippen LogP contribution < -0.4 is 19.5 Å². The molecule has 1 aliphatic rings. The monoisotopic (exact) mass is 608 g/mol. The zero-order chi connectivity index (χ0) is 31.1. The fourth-order valence-corrected chi connectivity index (χ4v) is 5.71. The fraction of sp³-hybridized carbons (Fsp3) is 0.171. The molecule has 0 unspecified atom stereocenters. The van der Waals surface area contributed by atoms with Crippen molar-refractivity contribution >= 4 is 51.4 Å². The van der Waals surface area contributed by atoms with Crippen LogP contribution >= 0.6 is 11.8 Å². The van der Waals surface area contributed by atoms with Crippen molar-refractivity contribution in [1.29, 1.82) is 0 Å². The maximum absolute atomic E-state index is 13.2. The van der Waals surface area contributed by atoms with Gasteiger partial charge in [-0.1, -0.05) is 48.5 Å². The van der Waals surface area contributed by atoms with Crippen molar-refractivity contribution in [2.75, 3.05) is 25.6 Å². The molecule has 4 aromatic carbocycles. The van der Waals surface area contributed by atoms with Crippen LogP contribution in [0.25, 0.3) is 16.8 Å². The molecule has 4 aromatic rings. The lowest BCUT2D eigenvalue weighted by Crippen LogP contribution is -2.36. The van der Waals surface area contributed by atoms with E-state index in [0.717, 1.165) is 38.6 Å². The second-order valence-corrected chi connectivity index (χ2v) is 10.9. The van der Waals surface area contributed by atoms with E-state index in [0.29, 0.717) is 48.1 Å². The second kappa shape index (κ2) is 14.0. The molecule has 5 rings (SSSR count). The first-order valence-electron chi connectivity index (χ1n) is 14.1. The maximum Gasteiger partial charge on any atom is 0.294 e. The molecule has 8 nitrogen and oxygen atoms in total. The van der Waals surface area contributed by atoms with E-state index in [1.165, 1.54) is 0 Å². The van der Waals surface area contributed by atoms with Crippen LogP contribution in [0.3, 0.4) is 0 Å². The molecule has 0 bridgehead atoms. The Hall–Kier alpha value is -5.02. The first kappa shape index (κ1) is 30.4. The lowest BCUT2D eigenvalue weighted by molar-refractivity contribution is -0.127. The highest BCUT2D eigenvalue weighted by Gasteiger charge is 2.36. The molecule has 0 aromatic heterocycles. The molecule has 0 spiro atoms. The van der Waals surface area contributed by atoms with Crippen molar-refractivity contribution in [3.8, 4) is 17.2 Å². The third-order valence-electron chi connectivity index (χ3n) is 6.92. The first-order chi connectivity index (χ1) is 21.4. The van der Waals surface area contributed by atoms with Gasteiger partial charge in [0.15, 0.2) is 11.5 Å². The summed E-state index contributed by atoms with van der Waals surface area (Å²) in [5.41, 5.74) is 3.06. The number of nitrogens with zero attached hydrogens (tertiary/aromatic N) is 1. The van der Waals surface area contributed by atoms with Gasteiger partial charge in [-0.2, -0.15) is 0 Å². The minimum atomic E-state index is -0.538. The van der Waals surface area contributed by atoms with E-state index in [-0.39, 0.29) is 4.91 Å². The number of allylic oxidation sites excluding steroid dienone is 1. The first-order valence-corrected chi connectivity index (χ1v) is 14.9. The van der Waals surface area contributed by atoms with Crippen LogP contribution in [0.15, 0.2) is 96.4 Å². The number of thioether (sulfide) groups is 1. The molecule has 0 radical (unpaired) electrons. The number of carbonyl (C=O) groups excluding carboxylic acids is 3. The zero-order valence-electron chi connectivity index (χ0n) is 24.5. The molecule has 0 atom stereocenters. The number of ether oxygens (including phenoxy) is 3. The molecule has 44 heavy (non-hydrogen) atoms. The summed E-state index contributed by atoms with van der Waals surface area (Å²) >= 11 is 0.791. The van der Waals surface area contributed by atoms with Gasteiger partial charge < -0.3 is 19.5 Å². The van der Waals surface area contributed by atoms with Gasteiger partial charge in [-0.3, -0.25) is 19.3 Å². The molecule has 1 fully saturated rings. The van der Waals surface area contributed by atoms with Crippen LogP contribution in [0.1, 0.15) is 23.6 Å². The van der Waals surface area contributed by atoms with Gasteiger partial charge in [-0.05, 0) is 89.5 Å². The molecule has 1 saturated heterocycles.